The van der Waals surface area contributed by atoms with Crippen molar-refractivity contribution in [1.82, 2.24) is 4.98 Å². The Morgan fingerprint density at radius 1 is 1.16 bits per heavy atom. The summed E-state index contributed by atoms with van der Waals surface area (Å²) in [4.78, 5) is 29.2. The molecule has 32 heavy (non-hydrogen) atoms. The molecule has 2 saturated carbocycles. The van der Waals surface area contributed by atoms with Gasteiger partial charge in [0.1, 0.15) is 6.10 Å². The summed E-state index contributed by atoms with van der Waals surface area (Å²) in [5, 5.41) is 0. The zero-order valence-corrected chi connectivity index (χ0v) is 20.2. The lowest BCUT2D eigenvalue weighted by atomic mass is 9.48. The number of pyridine rings is 1. The molecule has 0 amide bonds. The van der Waals surface area contributed by atoms with Crippen LogP contribution in [0.1, 0.15) is 82.1 Å². The first-order valence-corrected chi connectivity index (χ1v) is 12.4. The highest BCUT2D eigenvalue weighted by molar-refractivity contribution is 5.97. The standard InChI is InChI=1S/C26H31NO3.C2H6/c1-16-10-13-27-15-20(16)24(29)30-18-8-11-25(2)17(14-18)4-5-19-21-6-7-23(28)26(21,3)12-9-22(19)25;1-2/h4,6-7,10,13,15,18-19,21-22H,5,8-9,11-12,14H2,1-3H3;1-2H3. The first kappa shape index (κ1) is 22.9. The van der Waals surface area contributed by atoms with Crippen molar-refractivity contribution in [3.63, 3.8) is 0 Å². The topological polar surface area (TPSA) is 56.3 Å². The molecule has 0 bridgehead atoms. The molecular weight excluding hydrogens is 398 g/mol. The molecule has 1 aromatic heterocycles. The summed E-state index contributed by atoms with van der Waals surface area (Å²) < 4.78 is 5.91. The quantitative estimate of drug-likeness (QED) is 0.407. The van der Waals surface area contributed by atoms with Gasteiger partial charge in [-0.05, 0) is 79.9 Å². The maximum atomic E-state index is 12.7. The molecule has 0 saturated heterocycles. The van der Waals surface area contributed by atoms with E-state index in [9.17, 15) is 9.59 Å². The third-order valence-electron chi connectivity index (χ3n) is 8.86. The minimum atomic E-state index is -0.258. The molecule has 4 aliphatic carbocycles. The Hall–Kier alpha value is -2.23. The van der Waals surface area contributed by atoms with Crippen molar-refractivity contribution in [2.75, 3.05) is 0 Å². The molecule has 6 unspecified atom stereocenters. The zero-order valence-electron chi connectivity index (χ0n) is 20.2. The van der Waals surface area contributed by atoms with Crippen molar-refractivity contribution in [1.29, 1.82) is 0 Å². The first-order valence-electron chi connectivity index (χ1n) is 12.4. The highest BCUT2D eigenvalue weighted by Crippen LogP contribution is 2.62. The largest absolute Gasteiger partial charge is 0.458 e. The lowest BCUT2D eigenvalue weighted by Gasteiger charge is -2.56. The van der Waals surface area contributed by atoms with Gasteiger partial charge in [-0.1, -0.05) is 45.4 Å². The second-order valence-corrected chi connectivity index (χ2v) is 10.3. The van der Waals surface area contributed by atoms with Crippen LogP contribution in [0.5, 0.6) is 0 Å². The Morgan fingerprint density at radius 2 is 1.91 bits per heavy atom. The highest BCUT2D eigenvalue weighted by atomic mass is 16.5. The summed E-state index contributed by atoms with van der Waals surface area (Å²) in [6, 6.07) is 1.84. The van der Waals surface area contributed by atoms with Crippen LogP contribution in [0.4, 0.5) is 0 Å². The van der Waals surface area contributed by atoms with Gasteiger partial charge in [-0.15, -0.1) is 0 Å². The number of nitrogens with zero attached hydrogens (tertiary/aromatic N) is 1. The predicted molar refractivity (Wildman–Crippen MR) is 126 cm³/mol. The number of ether oxygens (including phenoxy) is 1. The summed E-state index contributed by atoms with van der Waals surface area (Å²) >= 11 is 0. The molecule has 2 fully saturated rings. The second-order valence-electron chi connectivity index (χ2n) is 10.3. The van der Waals surface area contributed by atoms with E-state index in [-0.39, 0.29) is 22.9 Å². The Kier molecular flexibility index (Phi) is 6.17. The van der Waals surface area contributed by atoms with E-state index in [2.05, 4.69) is 31.0 Å². The van der Waals surface area contributed by atoms with Gasteiger partial charge in [0.05, 0.1) is 5.56 Å². The second kappa shape index (κ2) is 8.61. The van der Waals surface area contributed by atoms with E-state index >= 15 is 0 Å². The van der Waals surface area contributed by atoms with E-state index < -0.39 is 0 Å². The lowest BCUT2D eigenvalue weighted by molar-refractivity contribution is -0.129. The van der Waals surface area contributed by atoms with Gasteiger partial charge in [0.25, 0.3) is 0 Å². The number of carbonyl (C=O) groups excluding carboxylic acids is 2. The minimum Gasteiger partial charge on any atom is -0.458 e. The van der Waals surface area contributed by atoms with Crippen molar-refractivity contribution in [2.24, 2.45) is 28.6 Å². The molecule has 1 aromatic rings. The Morgan fingerprint density at radius 3 is 2.66 bits per heavy atom. The number of carbonyl (C=O) groups is 2. The van der Waals surface area contributed by atoms with E-state index in [1.165, 1.54) is 5.57 Å². The molecule has 0 N–H and O–H groups in total. The van der Waals surface area contributed by atoms with Gasteiger partial charge in [0.15, 0.2) is 5.78 Å². The zero-order chi connectivity index (χ0) is 23.1. The number of allylic oxidation sites excluding steroid dienone is 3. The normalized spacial score (nSPS) is 37.3. The smallest absolute Gasteiger partial charge is 0.340 e. The van der Waals surface area contributed by atoms with Crippen LogP contribution < -0.4 is 0 Å². The SMILES string of the molecule is CC.Cc1ccncc1C(=O)OC1CCC2(C)C(=CCC3C4C=CC(=O)C4(C)CCC32)C1. The van der Waals surface area contributed by atoms with Gasteiger partial charge in [-0.3, -0.25) is 9.78 Å². The molecule has 1 heterocycles. The van der Waals surface area contributed by atoms with Gasteiger partial charge in [-0.25, -0.2) is 4.79 Å². The van der Waals surface area contributed by atoms with Crippen LogP contribution in [0.15, 0.2) is 42.3 Å². The molecule has 4 aliphatic rings. The molecule has 0 aromatic carbocycles. The van der Waals surface area contributed by atoms with Gasteiger partial charge in [-0.2, -0.15) is 0 Å². The molecule has 5 rings (SSSR count). The maximum absolute atomic E-state index is 12.7. The summed E-state index contributed by atoms with van der Waals surface area (Å²) in [6.45, 7) is 10.5. The number of hydrogen-bond donors (Lipinski definition) is 0. The minimum absolute atomic E-state index is 0.0604. The van der Waals surface area contributed by atoms with Crippen molar-refractivity contribution >= 4 is 11.8 Å². The van der Waals surface area contributed by atoms with Gasteiger partial charge in [0, 0.05) is 24.2 Å². The van der Waals surface area contributed by atoms with E-state index in [0.717, 1.165) is 44.1 Å². The maximum Gasteiger partial charge on any atom is 0.340 e. The molecule has 0 radical (unpaired) electrons. The molecule has 4 nitrogen and oxygen atoms in total. The number of esters is 1. The summed E-state index contributed by atoms with van der Waals surface area (Å²) in [7, 11) is 0. The predicted octanol–water partition coefficient (Wildman–Crippen LogP) is 6.25. The Labute approximate surface area is 192 Å². The number of ketones is 1. The lowest BCUT2D eigenvalue weighted by Crippen LogP contribution is -2.50. The Bertz CT molecular complexity index is 963. The number of aromatic nitrogens is 1. The van der Waals surface area contributed by atoms with Crippen LogP contribution in [0.2, 0.25) is 0 Å². The molecular formula is C28H37NO3. The van der Waals surface area contributed by atoms with Crippen molar-refractivity contribution < 1.29 is 14.3 Å². The monoisotopic (exact) mass is 435 g/mol. The third kappa shape index (κ3) is 3.56. The summed E-state index contributed by atoms with van der Waals surface area (Å²) in [5.41, 5.74) is 2.91. The van der Waals surface area contributed by atoms with Crippen molar-refractivity contribution in [3.8, 4) is 0 Å². The third-order valence-corrected chi connectivity index (χ3v) is 8.86. The van der Waals surface area contributed by atoms with Crippen molar-refractivity contribution in [3.05, 3.63) is 53.4 Å². The van der Waals surface area contributed by atoms with E-state index in [1.54, 1.807) is 12.4 Å². The van der Waals surface area contributed by atoms with Crippen molar-refractivity contribution in [2.45, 2.75) is 79.2 Å². The number of fused-ring (bicyclic) bond motifs is 5. The number of aryl methyl sites for hydroxylation is 1. The Balaban J connectivity index is 0.00000119. The van der Waals surface area contributed by atoms with E-state index in [4.69, 9.17) is 4.74 Å². The van der Waals surface area contributed by atoms with Crippen LogP contribution in [0, 0.1) is 35.5 Å². The van der Waals surface area contributed by atoms with Crippen LogP contribution in [0.25, 0.3) is 0 Å². The number of rotatable bonds is 2. The highest BCUT2D eigenvalue weighted by Gasteiger charge is 2.57. The average molecular weight is 436 g/mol. The molecule has 0 aliphatic heterocycles. The van der Waals surface area contributed by atoms with Crippen LogP contribution in [0.3, 0.4) is 0 Å². The van der Waals surface area contributed by atoms with Crippen LogP contribution in [-0.2, 0) is 9.53 Å². The van der Waals surface area contributed by atoms with Gasteiger partial charge in [0.2, 0.25) is 0 Å². The fourth-order valence-electron chi connectivity index (χ4n) is 6.90. The summed E-state index contributed by atoms with van der Waals surface area (Å²) in [6.07, 6.45) is 15.6. The first-order chi connectivity index (χ1) is 15.3. The molecule has 6 atom stereocenters. The van der Waals surface area contributed by atoms with Gasteiger partial charge >= 0.3 is 5.97 Å². The number of hydrogen-bond acceptors (Lipinski definition) is 4. The van der Waals surface area contributed by atoms with E-state index in [0.29, 0.717) is 29.1 Å². The molecule has 172 valence electrons. The van der Waals surface area contributed by atoms with Crippen LogP contribution >= 0.6 is 0 Å². The molecule has 4 heteroatoms. The average Bonchev–Trinajstić information content (AvgIpc) is 3.10. The van der Waals surface area contributed by atoms with Crippen LogP contribution in [-0.4, -0.2) is 22.8 Å². The molecule has 0 spiro atoms. The summed E-state index contributed by atoms with van der Waals surface area (Å²) in [5.74, 6) is 1.61. The fourth-order valence-corrected chi connectivity index (χ4v) is 6.90. The fraction of sp³-hybridized carbons (Fsp3) is 0.607. The van der Waals surface area contributed by atoms with E-state index in [1.807, 2.05) is 32.9 Å². The van der Waals surface area contributed by atoms with Gasteiger partial charge < -0.3 is 4.74 Å².